The van der Waals surface area contributed by atoms with Crippen LogP contribution in [0.15, 0.2) is 30.5 Å². The van der Waals surface area contributed by atoms with Crippen molar-refractivity contribution in [3.8, 4) is 0 Å². The molecule has 2 rings (SSSR count). The number of fused-ring (bicyclic) bond motifs is 1. The van der Waals surface area contributed by atoms with Crippen LogP contribution in [0, 0.1) is 5.21 Å². The average molecular weight is 189 g/mol. The van der Waals surface area contributed by atoms with Crippen molar-refractivity contribution in [2.24, 2.45) is 0 Å². The molecule has 0 aliphatic heterocycles. The first-order chi connectivity index (χ1) is 6.81. The van der Waals surface area contributed by atoms with Gasteiger partial charge in [-0.2, -0.15) is 0 Å². The number of amides is 1. The van der Waals surface area contributed by atoms with E-state index in [1.54, 1.807) is 6.20 Å². The van der Waals surface area contributed by atoms with Gasteiger partial charge in [0.1, 0.15) is 0 Å². The summed E-state index contributed by atoms with van der Waals surface area (Å²) in [5, 5.41) is 11.1. The molecule has 72 valence electrons. The lowest BCUT2D eigenvalue weighted by Crippen LogP contribution is -2.17. The molecule has 0 radical (unpaired) electrons. The molecule has 0 bridgehead atoms. The van der Waals surface area contributed by atoms with Crippen molar-refractivity contribution in [3.63, 3.8) is 0 Å². The van der Waals surface area contributed by atoms with Gasteiger partial charge in [-0.15, -0.1) is 0 Å². The normalized spacial score (nSPS) is 10.4. The van der Waals surface area contributed by atoms with E-state index in [0.717, 1.165) is 16.5 Å². The molecule has 1 aromatic heterocycles. The fourth-order valence-electron chi connectivity index (χ4n) is 1.49. The highest BCUT2D eigenvalue weighted by Gasteiger charge is 2.05. The quantitative estimate of drug-likeness (QED) is 0.699. The van der Waals surface area contributed by atoms with E-state index < -0.39 is 5.91 Å². The van der Waals surface area contributed by atoms with Crippen LogP contribution in [0.3, 0.4) is 0 Å². The van der Waals surface area contributed by atoms with E-state index in [9.17, 15) is 10.0 Å². The summed E-state index contributed by atoms with van der Waals surface area (Å²) in [4.78, 5) is 13.9. The van der Waals surface area contributed by atoms with Crippen LogP contribution >= 0.6 is 0 Å². The number of H-pyrrole nitrogens is 1. The number of nitrogens with one attached hydrogen (secondary N) is 2. The molecule has 4 heteroatoms. The maximum absolute atomic E-state index is 10.9. The van der Waals surface area contributed by atoms with Crippen molar-refractivity contribution in [3.05, 3.63) is 41.2 Å². The molecular weight excluding hydrogens is 180 g/mol. The molecule has 1 heterocycles. The Bertz CT molecular complexity index is 462. The predicted octanol–water partition coefficient (Wildman–Crippen LogP) is 1.32. The number of benzene rings is 1. The molecule has 2 N–H and O–H groups in total. The van der Waals surface area contributed by atoms with E-state index in [1.807, 2.05) is 24.3 Å². The molecule has 0 unspecified atom stereocenters. The smallest absolute Gasteiger partial charge is 0.213 e. The number of carbonyl (C=O) groups excluding carboxylic acids is 1. The summed E-state index contributed by atoms with van der Waals surface area (Å²) in [7, 11) is 0. The highest BCUT2D eigenvalue weighted by Crippen LogP contribution is 2.17. The van der Waals surface area contributed by atoms with Gasteiger partial charge in [-0.25, -0.2) is 0 Å². The van der Waals surface area contributed by atoms with Crippen LogP contribution in [0.5, 0.6) is 0 Å². The fourth-order valence-corrected chi connectivity index (χ4v) is 1.49. The molecule has 0 saturated carbocycles. The Hall–Kier alpha value is -1.81. The highest BCUT2D eigenvalue weighted by molar-refractivity contribution is 5.88. The number of carbonyl (C=O) groups is 1. The summed E-state index contributed by atoms with van der Waals surface area (Å²) >= 11 is 0. The minimum absolute atomic E-state index is 0.119. The van der Waals surface area contributed by atoms with Gasteiger partial charge in [0.25, 0.3) is 0 Å². The number of hydroxylamine groups is 1. The molecule has 14 heavy (non-hydrogen) atoms. The molecule has 2 aromatic rings. The van der Waals surface area contributed by atoms with E-state index in [0.29, 0.717) is 0 Å². The summed E-state index contributed by atoms with van der Waals surface area (Å²) < 4.78 is 0. The Balaban J connectivity index is 2.38. The van der Waals surface area contributed by atoms with Gasteiger partial charge in [0.2, 0.25) is 5.91 Å². The Morgan fingerprint density at radius 2 is 2.21 bits per heavy atom. The highest BCUT2D eigenvalue weighted by atomic mass is 16.5. The Kier molecular flexibility index (Phi) is 2.20. The van der Waals surface area contributed by atoms with Gasteiger partial charge in [-0.1, -0.05) is 18.2 Å². The molecule has 1 amide bonds. The second-order valence-electron chi connectivity index (χ2n) is 3.06. The minimum atomic E-state index is -0.519. The fraction of sp³-hybridized carbons (Fsp3) is 0.100. The Morgan fingerprint density at radius 1 is 1.43 bits per heavy atom. The molecule has 0 aliphatic rings. The van der Waals surface area contributed by atoms with Crippen LogP contribution in [0.25, 0.3) is 10.9 Å². The van der Waals surface area contributed by atoms with Crippen LogP contribution in [0.2, 0.25) is 0 Å². The van der Waals surface area contributed by atoms with Crippen LogP contribution < -0.4 is 5.48 Å². The van der Waals surface area contributed by atoms with E-state index in [-0.39, 0.29) is 6.42 Å². The zero-order valence-corrected chi connectivity index (χ0v) is 7.41. The first-order valence-corrected chi connectivity index (χ1v) is 4.27. The van der Waals surface area contributed by atoms with Crippen molar-refractivity contribution in [1.29, 1.82) is 0 Å². The minimum Gasteiger partial charge on any atom is -0.759 e. The third kappa shape index (κ3) is 1.47. The van der Waals surface area contributed by atoms with Crippen LogP contribution in [0.1, 0.15) is 5.56 Å². The summed E-state index contributed by atoms with van der Waals surface area (Å²) in [6, 6.07) is 7.65. The monoisotopic (exact) mass is 189 g/mol. The molecule has 0 atom stereocenters. The summed E-state index contributed by atoms with van der Waals surface area (Å²) in [5.41, 5.74) is 3.18. The topological polar surface area (TPSA) is 68.0 Å². The van der Waals surface area contributed by atoms with Crippen molar-refractivity contribution >= 4 is 16.8 Å². The zero-order valence-electron chi connectivity index (χ0n) is 7.41. The largest absolute Gasteiger partial charge is 0.759 e. The summed E-state index contributed by atoms with van der Waals surface area (Å²) in [6.07, 6.45) is 1.87. The molecule has 0 fully saturated rings. The number of para-hydroxylation sites is 1. The zero-order chi connectivity index (χ0) is 9.97. The summed E-state index contributed by atoms with van der Waals surface area (Å²) in [5.74, 6) is -0.519. The first-order valence-electron chi connectivity index (χ1n) is 4.27. The lowest BCUT2D eigenvalue weighted by atomic mass is 10.1. The van der Waals surface area contributed by atoms with Gasteiger partial charge in [0.15, 0.2) is 0 Å². The molecule has 0 saturated heterocycles. The maximum Gasteiger partial charge on any atom is 0.213 e. The van der Waals surface area contributed by atoms with E-state index in [1.165, 1.54) is 5.48 Å². The van der Waals surface area contributed by atoms with Crippen LogP contribution in [-0.2, 0) is 11.2 Å². The second kappa shape index (κ2) is 3.51. The Morgan fingerprint density at radius 3 is 3.00 bits per heavy atom. The van der Waals surface area contributed by atoms with Crippen molar-refractivity contribution in [1.82, 2.24) is 10.5 Å². The first kappa shape index (κ1) is 8.77. The number of hydrogen-bond acceptors (Lipinski definition) is 2. The van der Waals surface area contributed by atoms with Crippen LogP contribution in [-0.4, -0.2) is 10.9 Å². The Labute approximate surface area is 80.5 Å². The predicted molar refractivity (Wildman–Crippen MR) is 53.5 cm³/mol. The number of hydrogen-bond donors (Lipinski definition) is 2. The van der Waals surface area contributed by atoms with Gasteiger partial charge >= 0.3 is 0 Å². The lowest BCUT2D eigenvalue weighted by molar-refractivity contribution is -0.119. The molecule has 1 aromatic carbocycles. The van der Waals surface area contributed by atoms with Crippen molar-refractivity contribution in [2.45, 2.75) is 6.42 Å². The molecule has 0 spiro atoms. The van der Waals surface area contributed by atoms with Gasteiger partial charge in [-0.05, 0) is 11.6 Å². The molecule has 4 nitrogen and oxygen atoms in total. The summed E-state index contributed by atoms with van der Waals surface area (Å²) in [6.45, 7) is 0. The molecule has 0 aliphatic carbocycles. The van der Waals surface area contributed by atoms with Crippen LogP contribution in [0.4, 0.5) is 0 Å². The maximum atomic E-state index is 10.9. The van der Waals surface area contributed by atoms with Gasteiger partial charge in [0.05, 0.1) is 6.42 Å². The third-order valence-electron chi connectivity index (χ3n) is 2.14. The van der Waals surface area contributed by atoms with E-state index in [4.69, 9.17) is 0 Å². The number of aromatic amines is 1. The van der Waals surface area contributed by atoms with Gasteiger partial charge in [-0.3, -0.25) is 4.79 Å². The SMILES string of the molecule is O=C(Cc1c[nH]c2ccccc12)N[O-]. The average Bonchev–Trinajstić information content (AvgIpc) is 2.62. The second-order valence-corrected chi connectivity index (χ2v) is 3.06. The van der Waals surface area contributed by atoms with E-state index in [2.05, 4.69) is 4.98 Å². The number of rotatable bonds is 2. The van der Waals surface area contributed by atoms with Crippen molar-refractivity contribution in [2.75, 3.05) is 0 Å². The van der Waals surface area contributed by atoms with Crippen molar-refractivity contribution < 1.29 is 4.79 Å². The molecular formula is C10H9N2O2-. The third-order valence-corrected chi connectivity index (χ3v) is 2.14. The number of aromatic nitrogens is 1. The van der Waals surface area contributed by atoms with E-state index >= 15 is 0 Å². The van der Waals surface area contributed by atoms with Gasteiger partial charge in [0, 0.05) is 17.1 Å². The lowest BCUT2D eigenvalue weighted by Gasteiger charge is -2.05. The standard InChI is InChI=1S/C10H9N2O2/c13-10(12-14)5-7-6-11-9-4-2-1-3-8(7)9/h1-4,6,11H,5H2,(H-,12,13,14)/q-1. The van der Waals surface area contributed by atoms with Gasteiger partial charge < -0.3 is 15.7 Å².